The van der Waals surface area contributed by atoms with Gasteiger partial charge in [0.05, 0.1) is 15.5 Å². The van der Waals surface area contributed by atoms with Gasteiger partial charge in [-0.25, -0.2) is 16.8 Å². The van der Waals surface area contributed by atoms with E-state index < -0.39 is 20.0 Å². The third-order valence-electron chi connectivity index (χ3n) is 4.28. The van der Waals surface area contributed by atoms with Crippen LogP contribution in [0.25, 0.3) is 0 Å². The van der Waals surface area contributed by atoms with Crippen LogP contribution < -0.4 is 0 Å². The third kappa shape index (κ3) is 3.72. The second-order valence-corrected chi connectivity index (χ2v) is 10.1. The van der Waals surface area contributed by atoms with Gasteiger partial charge in [-0.2, -0.15) is 13.9 Å². The van der Waals surface area contributed by atoms with Crippen LogP contribution in [0.15, 0.2) is 58.3 Å². The average molecular weight is 426 g/mol. The van der Waals surface area contributed by atoms with Gasteiger partial charge >= 0.3 is 0 Å². The molecular formula is C17H16ClN3O4S2. The molecule has 0 aliphatic carbocycles. The first-order valence-electron chi connectivity index (χ1n) is 8.02. The lowest BCUT2D eigenvalue weighted by Gasteiger charge is -2.33. The summed E-state index contributed by atoms with van der Waals surface area (Å²) in [5, 5.41) is 9.27. The summed E-state index contributed by atoms with van der Waals surface area (Å²) in [7, 11) is -7.69. The van der Waals surface area contributed by atoms with Crippen LogP contribution in [0.2, 0.25) is 5.02 Å². The van der Waals surface area contributed by atoms with E-state index in [4.69, 9.17) is 16.9 Å². The smallest absolute Gasteiger partial charge is 0.207 e. The number of hydrogen-bond acceptors (Lipinski definition) is 5. The Morgan fingerprint density at radius 3 is 1.74 bits per heavy atom. The fourth-order valence-corrected chi connectivity index (χ4v) is 6.35. The van der Waals surface area contributed by atoms with E-state index in [1.54, 1.807) is 24.3 Å². The van der Waals surface area contributed by atoms with Crippen LogP contribution in [0.3, 0.4) is 0 Å². The van der Waals surface area contributed by atoms with Crippen molar-refractivity contribution in [3.05, 3.63) is 59.1 Å². The number of halogens is 1. The highest BCUT2D eigenvalue weighted by molar-refractivity contribution is 7.89. The average Bonchev–Trinajstić information content (AvgIpc) is 2.68. The van der Waals surface area contributed by atoms with Gasteiger partial charge in [-0.3, -0.25) is 0 Å². The van der Waals surface area contributed by atoms with Crippen LogP contribution in [0.5, 0.6) is 0 Å². The maximum absolute atomic E-state index is 12.8. The van der Waals surface area contributed by atoms with Crippen molar-refractivity contribution in [3.63, 3.8) is 0 Å². The lowest BCUT2D eigenvalue weighted by atomic mass is 10.2. The highest BCUT2D eigenvalue weighted by Gasteiger charge is 2.35. The Morgan fingerprint density at radius 2 is 1.22 bits per heavy atom. The van der Waals surface area contributed by atoms with E-state index in [2.05, 4.69) is 0 Å². The number of nitriles is 1. The van der Waals surface area contributed by atoms with E-state index in [9.17, 15) is 16.8 Å². The predicted octanol–water partition coefficient (Wildman–Crippen LogP) is 1.91. The number of rotatable bonds is 4. The van der Waals surface area contributed by atoms with Crippen molar-refractivity contribution < 1.29 is 16.8 Å². The maximum atomic E-state index is 12.8. The number of piperazine rings is 1. The van der Waals surface area contributed by atoms with Crippen molar-refractivity contribution in [1.82, 2.24) is 8.61 Å². The van der Waals surface area contributed by atoms with E-state index in [1.807, 2.05) is 6.07 Å². The van der Waals surface area contributed by atoms with Gasteiger partial charge in [0.15, 0.2) is 0 Å². The molecule has 2 aromatic rings. The molecule has 1 heterocycles. The normalized spacial score (nSPS) is 16.7. The lowest BCUT2D eigenvalue weighted by Crippen LogP contribution is -2.50. The zero-order valence-electron chi connectivity index (χ0n) is 14.1. The van der Waals surface area contributed by atoms with Gasteiger partial charge in [-0.1, -0.05) is 35.9 Å². The van der Waals surface area contributed by atoms with E-state index in [0.29, 0.717) is 0 Å². The molecule has 0 aromatic heterocycles. The van der Waals surface area contributed by atoms with Gasteiger partial charge in [0.25, 0.3) is 0 Å². The molecule has 0 bridgehead atoms. The van der Waals surface area contributed by atoms with Gasteiger partial charge in [-0.05, 0) is 24.3 Å². The van der Waals surface area contributed by atoms with Gasteiger partial charge in [-0.15, -0.1) is 0 Å². The van der Waals surface area contributed by atoms with Crippen LogP contribution in [0.1, 0.15) is 5.56 Å². The molecule has 7 nitrogen and oxygen atoms in total. The summed E-state index contributed by atoms with van der Waals surface area (Å²) in [4.78, 5) is -0.0762. The summed E-state index contributed by atoms with van der Waals surface area (Å²) >= 11 is 6.00. The number of benzene rings is 2. The van der Waals surface area contributed by atoms with E-state index in [0.717, 1.165) is 0 Å². The molecule has 1 fully saturated rings. The van der Waals surface area contributed by atoms with Crippen molar-refractivity contribution in [2.75, 3.05) is 26.2 Å². The van der Waals surface area contributed by atoms with Crippen molar-refractivity contribution in [3.8, 4) is 6.07 Å². The van der Waals surface area contributed by atoms with Crippen molar-refractivity contribution in [2.24, 2.45) is 0 Å². The minimum absolute atomic E-state index is 0.00150. The van der Waals surface area contributed by atoms with Gasteiger partial charge in [0.1, 0.15) is 11.0 Å². The molecule has 10 heteroatoms. The maximum Gasteiger partial charge on any atom is 0.244 e. The predicted molar refractivity (Wildman–Crippen MR) is 100 cm³/mol. The van der Waals surface area contributed by atoms with Crippen LogP contribution in [-0.4, -0.2) is 51.6 Å². The Hall–Kier alpha value is -1.96. The van der Waals surface area contributed by atoms with E-state index >= 15 is 0 Å². The Kier molecular flexibility index (Phi) is 5.55. The second-order valence-electron chi connectivity index (χ2n) is 5.85. The first-order valence-corrected chi connectivity index (χ1v) is 11.3. The molecule has 0 atom stereocenters. The molecule has 0 amide bonds. The minimum atomic E-state index is -3.88. The fraction of sp³-hybridized carbons (Fsp3) is 0.235. The molecule has 1 saturated heterocycles. The molecule has 3 rings (SSSR count). The van der Waals surface area contributed by atoms with Gasteiger partial charge in [0, 0.05) is 26.2 Å². The molecule has 0 spiro atoms. The largest absolute Gasteiger partial charge is 0.244 e. The molecule has 0 N–H and O–H groups in total. The van der Waals surface area contributed by atoms with E-state index in [-0.39, 0.29) is 46.6 Å². The molecule has 27 heavy (non-hydrogen) atoms. The summed E-state index contributed by atoms with van der Waals surface area (Å²) in [5.41, 5.74) is 0.0589. The zero-order chi connectivity index (χ0) is 19.7. The monoisotopic (exact) mass is 425 g/mol. The van der Waals surface area contributed by atoms with E-state index in [1.165, 1.54) is 32.9 Å². The molecule has 1 aliphatic rings. The Bertz CT molecular complexity index is 1100. The fourth-order valence-electron chi connectivity index (χ4n) is 2.87. The van der Waals surface area contributed by atoms with Gasteiger partial charge < -0.3 is 0 Å². The summed E-state index contributed by atoms with van der Waals surface area (Å²) in [6, 6.07) is 14.0. The number of nitrogens with zero attached hydrogens (tertiary/aromatic N) is 3. The van der Waals surface area contributed by atoms with Crippen LogP contribution >= 0.6 is 11.6 Å². The van der Waals surface area contributed by atoms with Crippen molar-refractivity contribution in [2.45, 2.75) is 9.79 Å². The summed E-state index contributed by atoms with van der Waals surface area (Å²) in [6.07, 6.45) is 0. The van der Waals surface area contributed by atoms with Gasteiger partial charge in [0.2, 0.25) is 20.0 Å². The first-order chi connectivity index (χ1) is 12.8. The third-order valence-corrected chi connectivity index (χ3v) is 8.63. The summed E-state index contributed by atoms with van der Waals surface area (Å²) < 4.78 is 53.6. The molecule has 0 unspecified atom stereocenters. The first kappa shape index (κ1) is 19.8. The molecule has 1 aliphatic heterocycles. The van der Waals surface area contributed by atoms with Crippen LogP contribution in [-0.2, 0) is 20.0 Å². The molecule has 2 aromatic carbocycles. The Labute approximate surface area is 163 Å². The topological polar surface area (TPSA) is 98.5 Å². The number of hydrogen-bond donors (Lipinski definition) is 0. The molecule has 142 valence electrons. The highest BCUT2D eigenvalue weighted by atomic mass is 35.5. The minimum Gasteiger partial charge on any atom is -0.207 e. The quantitative estimate of drug-likeness (QED) is 0.745. The molecule has 0 radical (unpaired) electrons. The molecule has 0 saturated carbocycles. The number of sulfonamides is 2. The summed E-state index contributed by atoms with van der Waals surface area (Å²) in [5.74, 6) is 0. The highest BCUT2D eigenvalue weighted by Crippen LogP contribution is 2.27. The Morgan fingerprint density at radius 1 is 0.778 bits per heavy atom. The van der Waals surface area contributed by atoms with Crippen LogP contribution in [0, 0.1) is 11.3 Å². The SMILES string of the molecule is N#Cc1ccccc1S(=O)(=O)N1CCN(S(=O)(=O)c2ccccc2Cl)CC1. The lowest BCUT2D eigenvalue weighted by molar-refractivity contribution is 0.273. The molecular weight excluding hydrogens is 410 g/mol. The standard InChI is InChI=1S/C17H16ClN3O4S2/c18-15-6-2-4-8-17(15)27(24,25)21-11-9-20(10-12-21)26(22,23)16-7-3-1-5-14(16)13-19/h1-8H,9-12H2. The summed E-state index contributed by atoms with van der Waals surface area (Å²) in [6.45, 7) is -0.0133. The Balaban J connectivity index is 1.81. The second kappa shape index (κ2) is 7.58. The van der Waals surface area contributed by atoms with Crippen molar-refractivity contribution in [1.29, 1.82) is 5.26 Å². The van der Waals surface area contributed by atoms with Crippen molar-refractivity contribution >= 4 is 31.6 Å². The zero-order valence-corrected chi connectivity index (χ0v) is 16.5. The van der Waals surface area contributed by atoms with Crippen LogP contribution in [0.4, 0.5) is 0 Å².